The molecule has 0 amide bonds. The molecule has 0 saturated carbocycles. The molecule has 7 heteroatoms. The van der Waals surface area contributed by atoms with Crippen LogP contribution in [0.2, 0.25) is 0 Å². The van der Waals surface area contributed by atoms with Crippen LogP contribution in [0, 0.1) is 17.0 Å². The average Bonchev–Trinajstić information content (AvgIpc) is 1.82. The lowest BCUT2D eigenvalue weighted by molar-refractivity contribution is -0.547. The van der Waals surface area contributed by atoms with Gasteiger partial charge in [-0.1, -0.05) is 0 Å². The van der Waals surface area contributed by atoms with Crippen molar-refractivity contribution >= 4 is 15.9 Å². The number of rotatable bonds is 1. The predicted octanol–water partition coefficient (Wildman–Crippen LogP) is 0.354. The number of halogens is 1. The van der Waals surface area contributed by atoms with E-state index < -0.39 is 10.6 Å². The highest BCUT2D eigenvalue weighted by molar-refractivity contribution is 9.10. The molecule has 0 radical (unpaired) electrons. The molecule has 1 rings (SSSR count). The molecule has 6 nitrogen and oxygen atoms in total. The first kappa shape index (κ1) is 8.85. The standard InChI is InChI=1S/C5H4BrN3O3/c1-3-7-4(6)2-5(10)8(3)9(11)12/h2H,1H3. The molecule has 12 heavy (non-hydrogen) atoms. The predicted molar refractivity (Wildman–Crippen MR) is 43.3 cm³/mol. The summed E-state index contributed by atoms with van der Waals surface area (Å²) in [5.74, 6) is 0.0411. The molecule has 0 saturated heterocycles. The highest BCUT2D eigenvalue weighted by Gasteiger charge is 2.11. The molecule has 0 aliphatic rings. The second kappa shape index (κ2) is 3.02. The molecule has 0 spiro atoms. The van der Waals surface area contributed by atoms with E-state index in [9.17, 15) is 14.9 Å². The average molecular weight is 234 g/mol. The van der Waals surface area contributed by atoms with Gasteiger partial charge in [-0.3, -0.25) is 4.79 Å². The van der Waals surface area contributed by atoms with Crippen LogP contribution in [0.3, 0.4) is 0 Å². The van der Waals surface area contributed by atoms with Crippen LogP contribution >= 0.6 is 15.9 Å². The fourth-order valence-corrected chi connectivity index (χ4v) is 1.21. The van der Waals surface area contributed by atoms with Crippen LogP contribution in [-0.4, -0.2) is 14.7 Å². The van der Waals surface area contributed by atoms with E-state index in [1.165, 1.54) is 6.92 Å². The van der Waals surface area contributed by atoms with Crippen molar-refractivity contribution in [2.24, 2.45) is 0 Å². The van der Waals surface area contributed by atoms with Crippen LogP contribution in [-0.2, 0) is 0 Å². The molecular formula is C5H4BrN3O3. The van der Waals surface area contributed by atoms with Gasteiger partial charge in [0.05, 0.1) is 0 Å². The monoisotopic (exact) mass is 233 g/mol. The molecule has 0 aliphatic carbocycles. The van der Waals surface area contributed by atoms with Gasteiger partial charge in [-0.15, -0.1) is 0 Å². The number of nitrogens with zero attached hydrogens (tertiary/aromatic N) is 3. The molecule has 0 N–H and O–H groups in total. The van der Waals surface area contributed by atoms with Gasteiger partial charge in [0, 0.05) is 13.0 Å². The van der Waals surface area contributed by atoms with E-state index in [2.05, 4.69) is 20.9 Å². The molecule has 1 heterocycles. The van der Waals surface area contributed by atoms with Gasteiger partial charge < -0.3 is 0 Å². The van der Waals surface area contributed by atoms with Crippen LogP contribution in [0.1, 0.15) is 5.82 Å². The molecule has 0 unspecified atom stereocenters. The van der Waals surface area contributed by atoms with Gasteiger partial charge in [0.1, 0.15) is 4.60 Å². The zero-order valence-corrected chi connectivity index (χ0v) is 7.61. The molecule has 64 valence electrons. The SMILES string of the molecule is Cc1nc(Br)cc(=O)n1[N+](=O)[O-]. The number of hydrogen-bond donors (Lipinski definition) is 0. The zero-order chi connectivity index (χ0) is 9.30. The quantitative estimate of drug-likeness (QED) is 0.399. The molecule has 0 atom stereocenters. The molecule has 0 aromatic carbocycles. The van der Waals surface area contributed by atoms with Gasteiger partial charge in [-0.05, 0) is 20.6 Å². The number of aryl methyl sites for hydroxylation is 1. The Morgan fingerprint density at radius 3 is 2.75 bits per heavy atom. The summed E-state index contributed by atoms with van der Waals surface area (Å²) in [6.07, 6.45) is 0. The third-order valence-corrected chi connectivity index (χ3v) is 1.60. The van der Waals surface area contributed by atoms with E-state index in [-0.39, 0.29) is 5.82 Å². The van der Waals surface area contributed by atoms with Gasteiger partial charge in [0.2, 0.25) is 0 Å². The maximum Gasteiger partial charge on any atom is 0.316 e. The first-order chi connectivity index (χ1) is 5.52. The fraction of sp³-hybridized carbons (Fsp3) is 0.200. The van der Waals surface area contributed by atoms with E-state index in [0.29, 0.717) is 9.28 Å². The Morgan fingerprint density at radius 2 is 2.33 bits per heavy atom. The minimum absolute atomic E-state index is 0.0411. The Hall–Kier alpha value is -1.24. The minimum Gasteiger partial charge on any atom is -0.263 e. The second-order valence-electron chi connectivity index (χ2n) is 2.01. The number of aromatic nitrogens is 2. The van der Waals surface area contributed by atoms with E-state index in [4.69, 9.17) is 0 Å². The van der Waals surface area contributed by atoms with E-state index in [0.717, 1.165) is 6.07 Å². The summed E-state index contributed by atoms with van der Waals surface area (Å²) >= 11 is 2.95. The lowest BCUT2D eigenvalue weighted by Gasteiger charge is -1.97. The Bertz CT molecular complexity index is 386. The molecule has 0 aliphatic heterocycles. The third-order valence-electron chi connectivity index (χ3n) is 1.19. The van der Waals surface area contributed by atoms with Crippen LogP contribution in [0.15, 0.2) is 15.5 Å². The Labute approximate surface area is 75.1 Å². The number of hydrogen-bond acceptors (Lipinski definition) is 4. The zero-order valence-electron chi connectivity index (χ0n) is 6.02. The summed E-state index contributed by atoms with van der Waals surface area (Å²) in [5, 5.41) is 9.46. The van der Waals surface area contributed by atoms with Crippen molar-refractivity contribution in [3.05, 3.63) is 37.0 Å². The maximum absolute atomic E-state index is 11.0. The maximum atomic E-state index is 11.0. The van der Waals surface area contributed by atoms with Gasteiger partial charge >= 0.3 is 5.56 Å². The number of nitro groups is 1. The normalized spacial score (nSPS) is 9.83. The highest BCUT2D eigenvalue weighted by atomic mass is 79.9. The molecule has 0 bridgehead atoms. The first-order valence-corrected chi connectivity index (χ1v) is 3.72. The van der Waals surface area contributed by atoms with Crippen LogP contribution in [0.25, 0.3) is 0 Å². The van der Waals surface area contributed by atoms with Crippen molar-refractivity contribution in [3.8, 4) is 0 Å². The van der Waals surface area contributed by atoms with Crippen molar-refractivity contribution in [2.75, 3.05) is 0 Å². The smallest absolute Gasteiger partial charge is 0.263 e. The summed E-state index contributed by atoms with van der Waals surface area (Å²) in [6, 6.07) is 1.04. The van der Waals surface area contributed by atoms with Crippen molar-refractivity contribution < 1.29 is 5.03 Å². The largest absolute Gasteiger partial charge is 0.316 e. The van der Waals surface area contributed by atoms with Crippen molar-refractivity contribution in [3.63, 3.8) is 0 Å². The minimum atomic E-state index is -0.808. The molecule has 1 aromatic heterocycles. The fourth-order valence-electron chi connectivity index (χ4n) is 0.755. The van der Waals surface area contributed by atoms with Gasteiger partial charge in [-0.2, -0.15) is 0 Å². The summed E-state index contributed by atoms with van der Waals surface area (Å²) in [4.78, 5) is 24.9. The Morgan fingerprint density at radius 1 is 1.75 bits per heavy atom. The van der Waals surface area contributed by atoms with Crippen LogP contribution in [0.4, 0.5) is 0 Å². The summed E-state index contributed by atoms with van der Waals surface area (Å²) < 4.78 is 0.674. The lowest BCUT2D eigenvalue weighted by Crippen LogP contribution is -2.28. The molecule has 1 aromatic rings. The topological polar surface area (TPSA) is 78.0 Å². The molecular weight excluding hydrogens is 230 g/mol. The van der Waals surface area contributed by atoms with Crippen molar-refractivity contribution in [2.45, 2.75) is 6.92 Å². The van der Waals surface area contributed by atoms with Crippen molar-refractivity contribution in [1.29, 1.82) is 0 Å². The summed E-state index contributed by atoms with van der Waals surface area (Å²) in [7, 11) is 0. The van der Waals surface area contributed by atoms with Crippen LogP contribution in [0.5, 0.6) is 0 Å². The second-order valence-corrected chi connectivity index (χ2v) is 2.83. The Kier molecular flexibility index (Phi) is 2.22. The summed E-state index contributed by atoms with van der Waals surface area (Å²) in [6.45, 7) is 1.38. The van der Waals surface area contributed by atoms with Gasteiger partial charge in [0.25, 0.3) is 0 Å². The van der Waals surface area contributed by atoms with E-state index in [1.54, 1.807) is 0 Å². The van der Waals surface area contributed by atoms with E-state index in [1.807, 2.05) is 0 Å². The highest BCUT2D eigenvalue weighted by Crippen LogP contribution is 2.01. The lowest BCUT2D eigenvalue weighted by atomic mass is 10.6. The van der Waals surface area contributed by atoms with Gasteiger partial charge in [-0.25, -0.2) is 15.1 Å². The van der Waals surface area contributed by atoms with Crippen molar-refractivity contribution in [1.82, 2.24) is 9.66 Å². The Balaban J connectivity index is 3.49. The third kappa shape index (κ3) is 1.50. The molecule has 0 fully saturated rings. The van der Waals surface area contributed by atoms with Crippen LogP contribution < -0.4 is 5.56 Å². The first-order valence-electron chi connectivity index (χ1n) is 2.93. The van der Waals surface area contributed by atoms with E-state index >= 15 is 0 Å². The summed E-state index contributed by atoms with van der Waals surface area (Å²) in [5.41, 5.74) is -0.709. The van der Waals surface area contributed by atoms with Gasteiger partial charge in [0.15, 0.2) is 10.9 Å².